The Morgan fingerprint density at radius 1 is 0.853 bits per heavy atom. The first-order valence-electron chi connectivity index (χ1n) is 11.7. The molecule has 3 aromatic carbocycles. The molecule has 34 heavy (non-hydrogen) atoms. The van der Waals surface area contributed by atoms with Gasteiger partial charge in [-0.1, -0.05) is 48.9 Å². The van der Waals surface area contributed by atoms with Crippen LogP contribution in [-0.2, 0) is 4.79 Å². The van der Waals surface area contributed by atoms with Gasteiger partial charge in [-0.25, -0.2) is 0 Å². The molecule has 6 nitrogen and oxygen atoms in total. The second-order valence-corrected chi connectivity index (χ2v) is 8.57. The summed E-state index contributed by atoms with van der Waals surface area (Å²) in [7, 11) is 1.56. The third kappa shape index (κ3) is 5.64. The second-order valence-electron chi connectivity index (χ2n) is 8.57. The van der Waals surface area contributed by atoms with Crippen molar-refractivity contribution in [1.29, 1.82) is 0 Å². The number of methoxy groups -OCH3 is 1. The van der Waals surface area contributed by atoms with E-state index in [2.05, 4.69) is 15.5 Å². The van der Waals surface area contributed by atoms with Gasteiger partial charge in [0.25, 0.3) is 5.91 Å². The van der Waals surface area contributed by atoms with Gasteiger partial charge in [0.2, 0.25) is 5.91 Å². The summed E-state index contributed by atoms with van der Waals surface area (Å²) >= 11 is 0. The van der Waals surface area contributed by atoms with Crippen molar-refractivity contribution in [3.8, 4) is 16.9 Å². The van der Waals surface area contributed by atoms with Crippen molar-refractivity contribution >= 4 is 23.2 Å². The molecule has 4 rings (SSSR count). The van der Waals surface area contributed by atoms with Gasteiger partial charge < -0.3 is 15.4 Å². The number of likely N-dealkylation sites (tertiary alicyclic amines) is 1. The van der Waals surface area contributed by atoms with Gasteiger partial charge in [0.1, 0.15) is 5.75 Å². The first kappa shape index (κ1) is 23.5. The van der Waals surface area contributed by atoms with Crippen molar-refractivity contribution in [2.24, 2.45) is 0 Å². The topological polar surface area (TPSA) is 70.7 Å². The molecule has 1 atom stereocenters. The number of benzene rings is 3. The smallest absolute Gasteiger partial charge is 0.255 e. The highest BCUT2D eigenvalue weighted by Gasteiger charge is 2.23. The summed E-state index contributed by atoms with van der Waals surface area (Å²) in [5.41, 5.74) is 3.82. The van der Waals surface area contributed by atoms with Gasteiger partial charge >= 0.3 is 0 Å². The molecule has 1 aliphatic heterocycles. The van der Waals surface area contributed by atoms with Gasteiger partial charge in [0.05, 0.1) is 18.8 Å². The lowest BCUT2D eigenvalue weighted by Gasteiger charge is -2.31. The van der Waals surface area contributed by atoms with Crippen LogP contribution in [0.15, 0.2) is 72.8 Å². The van der Waals surface area contributed by atoms with Crippen molar-refractivity contribution in [3.63, 3.8) is 0 Å². The maximum atomic E-state index is 12.9. The summed E-state index contributed by atoms with van der Waals surface area (Å²) in [5.74, 6) is 0.244. The molecule has 0 radical (unpaired) electrons. The Balaban J connectivity index is 1.44. The molecule has 0 saturated carbocycles. The quantitative estimate of drug-likeness (QED) is 0.497. The highest BCUT2D eigenvalue weighted by molar-refractivity contribution is 6.05. The fourth-order valence-corrected chi connectivity index (χ4v) is 4.24. The molecule has 1 fully saturated rings. The maximum Gasteiger partial charge on any atom is 0.255 e. The Labute approximate surface area is 200 Å². The summed E-state index contributed by atoms with van der Waals surface area (Å²) < 4.78 is 5.43. The van der Waals surface area contributed by atoms with E-state index >= 15 is 0 Å². The van der Waals surface area contributed by atoms with Crippen molar-refractivity contribution in [3.05, 3.63) is 78.4 Å². The molecule has 0 bridgehead atoms. The van der Waals surface area contributed by atoms with Crippen molar-refractivity contribution in [1.82, 2.24) is 4.90 Å². The fraction of sp³-hybridized carbons (Fsp3) is 0.286. The highest BCUT2D eigenvalue weighted by Crippen LogP contribution is 2.29. The summed E-state index contributed by atoms with van der Waals surface area (Å²) in [6.45, 7) is 3.80. The third-order valence-corrected chi connectivity index (χ3v) is 6.29. The number of anilines is 2. The number of amides is 2. The molecule has 2 N–H and O–H groups in total. The van der Waals surface area contributed by atoms with Crippen LogP contribution in [0.4, 0.5) is 11.4 Å². The SMILES string of the molecule is COc1ccc(NC(=O)c2ccc(-c3ccccc3)cc2)cc1NC(=O)[C@H](C)N1CCCCC1. The van der Waals surface area contributed by atoms with Gasteiger partial charge in [0.15, 0.2) is 0 Å². The van der Waals surface area contributed by atoms with E-state index in [4.69, 9.17) is 4.74 Å². The van der Waals surface area contributed by atoms with E-state index in [1.807, 2.05) is 61.5 Å². The number of hydrogen-bond acceptors (Lipinski definition) is 4. The van der Waals surface area contributed by atoms with E-state index in [1.54, 1.807) is 25.3 Å². The predicted octanol–water partition coefficient (Wildman–Crippen LogP) is 5.43. The van der Waals surface area contributed by atoms with E-state index in [0.717, 1.165) is 37.1 Å². The molecule has 1 heterocycles. The van der Waals surface area contributed by atoms with Crippen LogP contribution in [0.3, 0.4) is 0 Å². The summed E-state index contributed by atoms with van der Waals surface area (Å²) in [6.07, 6.45) is 3.46. The zero-order valence-electron chi connectivity index (χ0n) is 19.7. The molecule has 0 aromatic heterocycles. The number of carbonyl (C=O) groups is 2. The van der Waals surface area contributed by atoms with Crippen molar-refractivity contribution in [2.45, 2.75) is 32.2 Å². The van der Waals surface area contributed by atoms with Crippen LogP contribution >= 0.6 is 0 Å². The van der Waals surface area contributed by atoms with Gasteiger partial charge in [-0.2, -0.15) is 0 Å². The lowest BCUT2D eigenvalue weighted by Crippen LogP contribution is -2.44. The number of nitrogens with one attached hydrogen (secondary N) is 2. The maximum absolute atomic E-state index is 12.9. The average Bonchev–Trinajstić information content (AvgIpc) is 2.89. The van der Waals surface area contributed by atoms with Crippen molar-refractivity contribution < 1.29 is 14.3 Å². The Hall–Kier alpha value is -3.64. The molecule has 0 unspecified atom stereocenters. The van der Waals surface area contributed by atoms with Crippen LogP contribution in [0.1, 0.15) is 36.5 Å². The van der Waals surface area contributed by atoms with E-state index in [-0.39, 0.29) is 17.9 Å². The van der Waals surface area contributed by atoms with Crippen LogP contribution in [0.2, 0.25) is 0 Å². The minimum Gasteiger partial charge on any atom is -0.495 e. The number of ether oxygens (including phenoxy) is 1. The molecule has 0 aliphatic carbocycles. The molecule has 0 spiro atoms. The van der Waals surface area contributed by atoms with Crippen LogP contribution in [-0.4, -0.2) is 43.0 Å². The molecule has 2 amide bonds. The summed E-state index contributed by atoms with van der Waals surface area (Å²) in [4.78, 5) is 27.9. The van der Waals surface area contributed by atoms with Gasteiger partial charge in [0, 0.05) is 11.3 Å². The third-order valence-electron chi connectivity index (χ3n) is 6.29. The minimum atomic E-state index is -0.230. The second kappa shape index (κ2) is 11.0. The molecular formula is C28H31N3O3. The van der Waals surface area contributed by atoms with E-state index in [0.29, 0.717) is 22.7 Å². The summed E-state index contributed by atoms with van der Waals surface area (Å²) in [5, 5.41) is 5.90. The molecule has 176 valence electrons. The number of nitrogens with zero attached hydrogens (tertiary/aromatic N) is 1. The molecule has 3 aromatic rings. The Morgan fingerprint density at radius 3 is 2.21 bits per heavy atom. The van der Waals surface area contributed by atoms with Crippen molar-refractivity contribution in [2.75, 3.05) is 30.8 Å². The lowest BCUT2D eigenvalue weighted by atomic mass is 10.0. The largest absolute Gasteiger partial charge is 0.495 e. The van der Waals surface area contributed by atoms with Gasteiger partial charge in [-0.05, 0) is 74.3 Å². The van der Waals surface area contributed by atoms with Gasteiger partial charge in [-0.3, -0.25) is 14.5 Å². The minimum absolute atomic E-state index is 0.0832. The van der Waals surface area contributed by atoms with Crippen LogP contribution in [0.25, 0.3) is 11.1 Å². The Bertz CT molecular complexity index is 1120. The average molecular weight is 458 g/mol. The number of piperidine rings is 1. The van der Waals surface area contributed by atoms with E-state index in [9.17, 15) is 9.59 Å². The van der Waals surface area contributed by atoms with Crippen LogP contribution in [0.5, 0.6) is 5.75 Å². The monoisotopic (exact) mass is 457 g/mol. The fourth-order valence-electron chi connectivity index (χ4n) is 4.24. The first-order chi connectivity index (χ1) is 16.5. The zero-order chi connectivity index (χ0) is 23.9. The normalized spacial score (nSPS) is 14.8. The molecule has 1 aliphatic rings. The standard InChI is InChI=1S/C28H31N3O3/c1-20(31-17-7-4-8-18-31)27(32)30-25-19-24(15-16-26(25)34-2)29-28(33)23-13-11-22(12-14-23)21-9-5-3-6-10-21/h3,5-6,9-16,19-20H,4,7-8,17-18H2,1-2H3,(H,29,33)(H,30,32)/t20-/m0/s1. The van der Waals surface area contributed by atoms with E-state index in [1.165, 1.54) is 6.42 Å². The first-order valence-corrected chi connectivity index (χ1v) is 11.7. The lowest BCUT2D eigenvalue weighted by molar-refractivity contribution is -0.121. The Kier molecular flexibility index (Phi) is 7.60. The Morgan fingerprint density at radius 2 is 1.53 bits per heavy atom. The van der Waals surface area contributed by atoms with Crippen LogP contribution < -0.4 is 15.4 Å². The molecule has 6 heteroatoms. The van der Waals surface area contributed by atoms with Gasteiger partial charge in [-0.15, -0.1) is 0 Å². The highest BCUT2D eigenvalue weighted by atomic mass is 16.5. The number of rotatable bonds is 7. The number of carbonyl (C=O) groups excluding carboxylic acids is 2. The zero-order valence-corrected chi connectivity index (χ0v) is 19.7. The molecular weight excluding hydrogens is 426 g/mol. The number of hydrogen-bond donors (Lipinski definition) is 2. The summed E-state index contributed by atoms with van der Waals surface area (Å²) in [6, 6.07) is 22.5. The predicted molar refractivity (Wildman–Crippen MR) is 136 cm³/mol. The van der Waals surface area contributed by atoms with E-state index < -0.39 is 0 Å². The van der Waals surface area contributed by atoms with Crippen LogP contribution in [0, 0.1) is 0 Å². The molecule has 1 saturated heterocycles.